The zero-order valence-electron chi connectivity index (χ0n) is 20.9. The van der Waals surface area contributed by atoms with Gasteiger partial charge >= 0.3 is 5.97 Å². The molecule has 36 heavy (non-hydrogen) atoms. The molecular weight excluding hydrogens is 451 g/mol. The number of anilines is 2. The molecule has 0 amide bonds. The maximum absolute atomic E-state index is 14.2. The van der Waals surface area contributed by atoms with Gasteiger partial charge in [0, 0.05) is 30.5 Å². The van der Waals surface area contributed by atoms with E-state index >= 15 is 0 Å². The maximum atomic E-state index is 14.2. The minimum Gasteiger partial charge on any atom is -0.465 e. The summed E-state index contributed by atoms with van der Waals surface area (Å²) in [5.74, 6) is -0.321. The number of hydrogen-bond acceptors (Lipinski definition) is 4. The highest BCUT2D eigenvalue weighted by Gasteiger charge is 2.27. The van der Waals surface area contributed by atoms with E-state index in [4.69, 9.17) is 4.74 Å². The van der Waals surface area contributed by atoms with Crippen LogP contribution in [0.4, 0.5) is 15.8 Å². The van der Waals surface area contributed by atoms with Gasteiger partial charge in [0.25, 0.3) is 0 Å². The van der Waals surface area contributed by atoms with Crippen LogP contribution in [0, 0.1) is 18.7 Å². The molecule has 5 rings (SSSR count). The van der Waals surface area contributed by atoms with Gasteiger partial charge in [-0.2, -0.15) is 0 Å². The molecule has 2 atom stereocenters. The molecule has 0 fully saturated rings. The third kappa shape index (κ3) is 4.71. The van der Waals surface area contributed by atoms with Gasteiger partial charge in [0.1, 0.15) is 5.82 Å². The van der Waals surface area contributed by atoms with Crippen LogP contribution in [0.3, 0.4) is 0 Å². The Labute approximate surface area is 211 Å². The molecule has 0 bridgehead atoms. The number of rotatable bonds is 6. The molecule has 1 aliphatic rings. The van der Waals surface area contributed by atoms with E-state index in [-0.39, 0.29) is 23.7 Å². The minimum atomic E-state index is -0.354. The average molecular weight is 483 g/mol. The normalized spacial score (nSPS) is 16.0. The summed E-state index contributed by atoms with van der Waals surface area (Å²) in [4.78, 5) is 14.5. The minimum absolute atomic E-state index is 0.170. The number of nitrogens with zero attached hydrogens (tertiary/aromatic N) is 1. The molecule has 0 aliphatic carbocycles. The number of halogens is 1. The summed E-state index contributed by atoms with van der Waals surface area (Å²) in [5.41, 5.74) is 5.54. The summed E-state index contributed by atoms with van der Waals surface area (Å²) in [7, 11) is 1.40. The number of ether oxygens (including phenoxy) is 1. The number of methoxy groups -OCH3 is 1. The Morgan fingerprint density at radius 1 is 1.08 bits per heavy atom. The Kier molecular flexibility index (Phi) is 6.75. The van der Waals surface area contributed by atoms with Crippen molar-refractivity contribution < 1.29 is 13.9 Å². The van der Waals surface area contributed by atoms with Gasteiger partial charge in [0.2, 0.25) is 0 Å². The number of aryl methyl sites for hydroxylation is 1. The zero-order valence-corrected chi connectivity index (χ0v) is 20.9. The van der Waals surface area contributed by atoms with Gasteiger partial charge in [0.15, 0.2) is 0 Å². The van der Waals surface area contributed by atoms with Crippen molar-refractivity contribution >= 4 is 28.1 Å². The van der Waals surface area contributed by atoms with Crippen LogP contribution in [0.1, 0.15) is 40.0 Å². The van der Waals surface area contributed by atoms with E-state index in [1.807, 2.05) is 31.2 Å². The van der Waals surface area contributed by atoms with Crippen molar-refractivity contribution in [2.24, 2.45) is 5.92 Å². The Balaban J connectivity index is 1.41. The van der Waals surface area contributed by atoms with Gasteiger partial charge in [-0.3, -0.25) is 0 Å². The smallest absolute Gasteiger partial charge is 0.338 e. The van der Waals surface area contributed by atoms with Gasteiger partial charge in [-0.1, -0.05) is 48.5 Å². The van der Waals surface area contributed by atoms with Crippen LogP contribution in [-0.2, 0) is 11.2 Å². The third-order valence-electron chi connectivity index (χ3n) is 7.22. The van der Waals surface area contributed by atoms with E-state index in [0.29, 0.717) is 5.56 Å². The van der Waals surface area contributed by atoms with Gasteiger partial charge in [-0.05, 0) is 84.0 Å². The Bertz CT molecular complexity index is 1410. The van der Waals surface area contributed by atoms with Crippen molar-refractivity contribution in [3.63, 3.8) is 0 Å². The first kappa shape index (κ1) is 24.0. The highest BCUT2D eigenvalue weighted by atomic mass is 19.1. The number of esters is 1. The third-order valence-corrected chi connectivity index (χ3v) is 7.22. The van der Waals surface area contributed by atoms with Crippen molar-refractivity contribution in [3.8, 4) is 0 Å². The summed E-state index contributed by atoms with van der Waals surface area (Å²) in [6.07, 6.45) is 0.786. The van der Waals surface area contributed by atoms with Crippen LogP contribution in [0.15, 0.2) is 78.9 Å². The second-order valence-electron chi connectivity index (χ2n) is 9.64. The van der Waals surface area contributed by atoms with Crippen molar-refractivity contribution in [2.45, 2.75) is 26.3 Å². The molecule has 0 saturated heterocycles. The molecular formula is C31H31FN2O2. The second-order valence-corrected chi connectivity index (χ2v) is 9.64. The Morgan fingerprint density at radius 2 is 1.89 bits per heavy atom. The largest absolute Gasteiger partial charge is 0.465 e. The second kappa shape index (κ2) is 10.1. The van der Waals surface area contributed by atoms with E-state index in [2.05, 4.69) is 59.6 Å². The van der Waals surface area contributed by atoms with Crippen molar-refractivity contribution in [1.29, 1.82) is 0 Å². The van der Waals surface area contributed by atoms with Gasteiger partial charge in [-0.25, -0.2) is 9.18 Å². The molecule has 5 heteroatoms. The Morgan fingerprint density at radius 3 is 2.72 bits per heavy atom. The predicted molar refractivity (Wildman–Crippen MR) is 143 cm³/mol. The molecule has 4 nitrogen and oxygen atoms in total. The molecule has 1 unspecified atom stereocenters. The first-order chi connectivity index (χ1) is 17.4. The van der Waals surface area contributed by atoms with Crippen molar-refractivity contribution in [1.82, 2.24) is 5.32 Å². The fourth-order valence-corrected chi connectivity index (χ4v) is 5.28. The van der Waals surface area contributed by atoms with E-state index in [0.717, 1.165) is 42.0 Å². The first-order valence-electron chi connectivity index (χ1n) is 12.4. The van der Waals surface area contributed by atoms with E-state index in [1.165, 1.54) is 29.5 Å². The van der Waals surface area contributed by atoms with Crippen molar-refractivity contribution in [3.05, 3.63) is 107 Å². The quantitative estimate of drug-likeness (QED) is 0.309. The summed E-state index contributed by atoms with van der Waals surface area (Å²) < 4.78 is 19.2. The molecule has 1 N–H and O–H groups in total. The van der Waals surface area contributed by atoms with Crippen LogP contribution < -0.4 is 10.2 Å². The average Bonchev–Trinajstić information content (AvgIpc) is 2.90. The number of hydrogen-bond donors (Lipinski definition) is 1. The molecule has 1 aliphatic heterocycles. The number of fused-ring (bicyclic) bond motifs is 2. The van der Waals surface area contributed by atoms with Crippen LogP contribution in [0.5, 0.6) is 0 Å². The first-order valence-corrected chi connectivity index (χ1v) is 12.4. The number of nitrogens with one attached hydrogen (secondary N) is 1. The molecule has 0 radical (unpaired) electrons. The SMILES string of the molecule is COC(=O)c1cc(N2CC(CN[C@H](C)c3cccc4ccccc34)Cc3cc(F)ccc32)ccc1C. The lowest BCUT2D eigenvalue weighted by atomic mass is 9.91. The number of benzene rings is 4. The summed E-state index contributed by atoms with van der Waals surface area (Å²) in [6, 6.07) is 25.9. The lowest BCUT2D eigenvalue weighted by molar-refractivity contribution is 0.0600. The molecule has 0 spiro atoms. The van der Waals surface area contributed by atoms with Crippen LogP contribution in [0.25, 0.3) is 10.8 Å². The molecule has 0 saturated carbocycles. The topological polar surface area (TPSA) is 41.6 Å². The Hall–Kier alpha value is -3.70. The predicted octanol–water partition coefficient (Wildman–Crippen LogP) is 6.74. The highest BCUT2D eigenvalue weighted by Crippen LogP contribution is 2.37. The van der Waals surface area contributed by atoms with Gasteiger partial charge in [-0.15, -0.1) is 0 Å². The highest BCUT2D eigenvalue weighted by molar-refractivity contribution is 5.92. The molecule has 4 aromatic rings. The number of carbonyl (C=O) groups is 1. The van der Waals surface area contributed by atoms with E-state index in [9.17, 15) is 9.18 Å². The molecule has 1 heterocycles. The van der Waals surface area contributed by atoms with E-state index in [1.54, 1.807) is 6.07 Å². The van der Waals surface area contributed by atoms with E-state index < -0.39 is 0 Å². The summed E-state index contributed by atoms with van der Waals surface area (Å²) in [6.45, 7) is 5.64. The summed E-state index contributed by atoms with van der Waals surface area (Å²) in [5, 5.41) is 6.22. The van der Waals surface area contributed by atoms with Crippen LogP contribution >= 0.6 is 0 Å². The molecule has 4 aromatic carbocycles. The monoisotopic (exact) mass is 482 g/mol. The standard InChI is InChI=1S/C31H31FN2O2/c1-20-11-13-26(17-29(20)31(35)36-3)34-19-22(15-24-16-25(32)12-14-30(24)34)18-33-21(2)27-10-6-8-23-7-4-5-9-28(23)27/h4-14,16-17,21-22,33H,15,18-19H2,1-3H3/t21-,22?/m1/s1. The van der Waals surface area contributed by atoms with Gasteiger partial charge < -0.3 is 15.0 Å². The lowest BCUT2D eigenvalue weighted by Gasteiger charge is -2.37. The van der Waals surface area contributed by atoms with Crippen LogP contribution in [-0.4, -0.2) is 26.2 Å². The van der Waals surface area contributed by atoms with Crippen molar-refractivity contribution in [2.75, 3.05) is 25.1 Å². The van der Waals surface area contributed by atoms with Crippen LogP contribution in [0.2, 0.25) is 0 Å². The maximum Gasteiger partial charge on any atom is 0.338 e. The fraction of sp³-hybridized carbons (Fsp3) is 0.258. The molecule has 184 valence electrons. The number of carbonyl (C=O) groups excluding carboxylic acids is 1. The zero-order chi connectivity index (χ0) is 25.2. The summed E-state index contributed by atoms with van der Waals surface area (Å²) >= 11 is 0. The molecule has 0 aromatic heterocycles. The van der Waals surface area contributed by atoms with Gasteiger partial charge in [0.05, 0.1) is 12.7 Å². The lowest BCUT2D eigenvalue weighted by Crippen LogP contribution is -2.38. The fourth-order valence-electron chi connectivity index (χ4n) is 5.28.